The van der Waals surface area contributed by atoms with Crippen LogP contribution in [-0.4, -0.2) is 31.7 Å². The number of piperidine rings is 1. The number of nitrogens with zero attached hydrogens (tertiary/aromatic N) is 1. The van der Waals surface area contributed by atoms with Crippen molar-refractivity contribution in [3.8, 4) is 0 Å². The van der Waals surface area contributed by atoms with Crippen LogP contribution in [0.3, 0.4) is 0 Å². The number of nitrogens with one attached hydrogen (secondary N) is 2. The van der Waals surface area contributed by atoms with E-state index < -0.39 is 27.7 Å². The topological polar surface area (TPSA) is 78.5 Å². The Bertz CT molecular complexity index is 1030. The molecule has 0 aliphatic carbocycles. The van der Waals surface area contributed by atoms with Gasteiger partial charge in [-0.3, -0.25) is 15.6 Å². The summed E-state index contributed by atoms with van der Waals surface area (Å²) in [6.07, 6.45) is -2.06. The molecule has 1 saturated heterocycles. The molecule has 0 bridgehead atoms. The van der Waals surface area contributed by atoms with E-state index in [4.69, 9.17) is 0 Å². The van der Waals surface area contributed by atoms with Crippen molar-refractivity contribution in [1.29, 1.82) is 0 Å². The predicted molar refractivity (Wildman–Crippen MR) is 106 cm³/mol. The second-order valence-corrected chi connectivity index (χ2v) is 8.97. The number of rotatable bonds is 5. The minimum atomic E-state index is -4.59. The number of amides is 1. The fourth-order valence-corrected chi connectivity index (χ4v) is 5.07. The lowest BCUT2D eigenvalue weighted by atomic mass is 10.1. The maximum atomic E-state index is 13.1. The maximum Gasteiger partial charge on any atom is 0.418 e. The molecule has 2 N–H and O–H groups in total. The van der Waals surface area contributed by atoms with Gasteiger partial charge in [-0.15, -0.1) is 0 Å². The highest BCUT2D eigenvalue weighted by atomic mass is 32.2. The normalized spacial score (nSPS) is 15.6. The van der Waals surface area contributed by atoms with Crippen molar-refractivity contribution in [1.82, 2.24) is 9.73 Å². The number of carbonyl (C=O) groups is 1. The Morgan fingerprint density at radius 2 is 1.70 bits per heavy atom. The highest BCUT2D eigenvalue weighted by Crippen LogP contribution is 2.34. The summed E-state index contributed by atoms with van der Waals surface area (Å²) in [6, 6.07) is 8.92. The third-order valence-corrected chi connectivity index (χ3v) is 6.97. The molecule has 0 unspecified atom stereocenters. The van der Waals surface area contributed by atoms with Crippen LogP contribution in [0.4, 0.5) is 18.9 Å². The van der Waals surface area contributed by atoms with Crippen LogP contribution in [0.15, 0.2) is 47.4 Å². The number of aryl methyl sites for hydroxylation is 1. The van der Waals surface area contributed by atoms with Crippen LogP contribution in [-0.2, 0) is 16.2 Å². The first-order valence-electron chi connectivity index (χ1n) is 9.44. The maximum absolute atomic E-state index is 13.1. The van der Waals surface area contributed by atoms with Gasteiger partial charge in [-0.25, -0.2) is 8.42 Å². The Kier molecular flexibility index (Phi) is 6.37. The molecule has 0 radical (unpaired) electrons. The van der Waals surface area contributed by atoms with Crippen molar-refractivity contribution >= 4 is 21.6 Å². The summed E-state index contributed by atoms with van der Waals surface area (Å²) in [5.74, 6) is -0.748. The van der Waals surface area contributed by atoms with Gasteiger partial charge >= 0.3 is 6.18 Å². The molecule has 0 atom stereocenters. The number of para-hydroxylation sites is 1. The summed E-state index contributed by atoms with van der Waals surface area (Å²) >= 11 is 0. The molecular weight excluding hydrogens is 419 g/mol. The number of hydrogen-bond acceptors (Lipinski definition) is 4. The number of alkyl halides is 3. The van der Waals surface area contributed by atoms with E-state index in [1.165, 1.54) is 40.7 Å². The minimum Gasteiger partial charge on any atom is -0.298 e. The number of benzene rings is 2. The highest BCUT2D eigenvalue weighted by Gasteiger charge is 2.33. The third kappa shape index (κ3) is 4.76. The van der Waals surface area contributed by atoms with Crippen molar-refractivity contribution in [2.75, 3.05) is 18.5 Å². The number of hydrazine groups is 1. The number of anilines is 1. The van der Waals surface area contributed by atoms with Gasteiger partial charge in [-0.05, 0) is 49.6 Å². The summed E-state index contributed by atoms with van der Waals surface area (Å²) in [4.78, 5) is 12.5. The van der Waals surface area contributed by atoms with Gasteiger partial charge in [-0.1, -0.05) is 24.6 Å². The molecule has 2 aromatic carbocycles. The molecule has 1 amide bonds. The summed E-state index contributed by atoms with van der Waals surface area (Å²) in [5, 5.41) is 0. The van der Waals surface area contributed by atoms with Gasteiger partial charge < -0.3 is 0 Å². The number of carbonyl (C=O) groups excluding carboxylic acids is 1. The second kappa shape index (κ2) is 8.65. The molecule has 162 valence electrons. The predicted octanol–water partition coefficient (Wildman–Crippen LogP) is 3.95. The SMILES string of the molecule is Cc1ccc(C(=O)NNc2ccccc2C(F)(F)F)cc1S(=O)(=O)N1CCCCC1. The highest BCUT2D eigenvalue weighted by molar-refractivity contribution is 7.89. The van der Waals surface area contributed by atoms with E-state index in [2.05, 4.69) is 10.9 Å². The van der Waals surface area contributed by atoms with E-state index in [-0.39, 0.29) is 16.1 Å². The summed E-state index contributed by atoms with van der Waals surface area (Å²) < 4.78 is 66.6. The Labute approximate surface area is 173 Å². The van der Waals surface area contributed by atoms with Crippen molar-refractivity contribution < 1.29 is 26.4 Å². The van der Waals surface area contributed by atoms with Crippen molar-refractivity contribution in [2.24, 2.45) is 0 Å². The number of hydrogen-bond donors (Lipinski definition) is 2. The fraction of sp³-hybridized carbons (Fsp3) is 0.350. The Morgan fingerprint density at radius 3 is 2.37 bits per heavy atom. The van der Waals surface area contributed by atoms with Crippen LogP contribution in [0, 0.1) is 6.92 Å². The molecular formula is C20H22F3N3O3S. The van der Waals surface area contributed by atoms with Crippen molar-refractivity contribution in [2.45, 2.75) is 37.3 Å². The largest absolute Gasteiger partial charge is 0.418 e. The zero-order valence-electron chi connectivity index (χ0n) is 16.3. The van der Waals surface area contributed by atoms with Crippen LogP contribution in [0.25, 0.3) is 0 Å². The lowest BCUT2D eigenvalue weighted by Gasteiger charge is -2.26. The van der Waals surface area contributed by atoms with Gasteiger partial charge in [0.1, 0.15) is 0 Å². The van der Waals surface area contributed by atoms with Crippen molar-refractivity contribution in [3.63, 3.8) is 0 Å². The Hall–Kier alpha value is -2.59. The molecule has 6 nitrogen and oxygen atoms in total. The molecule has 30 heavy (non-hydrogen) atoms. The quantitative estimate of drug-likeness (QED) is 0.689. The van der Waals surface area contributed by atoms with E-state index in [1.807, 2.05) is 0 Å². The zero-order valence-corrected chi connectivity index (χ0v) is 17.1. The molecule has 0 aromatic heterocycles. The van der Waals surface area contributed by atoms with Crippen LogP contribution >= 0.6 is 0 Å². The Balaban J connectivity index is 1.81. The molecule has 0 saturated carbocycles. The van der Waals surface area contributed by atoms with Gasteiger partial charge in [0.25, 0.3) is 5.91 Å². The van der Waals surface area contributed by atoms with Gasteiger partial charge in [0, 0.05) is 18.7 Å². The van der Waals surface area contributed by atoms with Gasteiger partial charge in [-0.2, -0.15) is 17.5 Å². The lowest BCUT2D eigenvalue weighted by molar-refractivity contribution is -0.137. The first-order chi connectivity index (χ1) is 14.1. The molecule has 2 aromatic rings. The zero-order chi connectivity index (χ0) is 21.9. The monoisotopic (exact) mass is 441 g/mol. The smallest absolute Gasteiger partial charge is 0.298 e. The van der Waals surface area contributed by atoms with Gasteiger partial charge in [0.05, 0.1) is 16.1 Å². The summed E-state index contributed by atoms with van der Waals surface area (Å²) in [6.45, 7) is 2.48. The molecule has 1 aliphatic rings. The van der Waals surface area contributed by atoms with Gasteiger partial charge in [0.15, 0.2) is 0 Å². The fourth-order valence-electron chi connectivity index (χ4n) is 3.30. The average Bonchev–Trinajstić information content (AvgIpc) is 2.72. The van der Waals surface area contributed by atoms with Crippen LogP contribution in [0.1, 0.15) is 40.7 Å². The minimum absolute atomic E-state index is 0.0211. The van der Waals surface area contributed by atoms with Crippen LogP contribution in [0.2, 0.25) is 0 Å². The van der Waals surface area contributed by atoms with Crippen LogP contribution in [0.5, 0.6) is 0 Å². The standard InChI is InChI=1S/C20H22F3N3O3S/c1-14-9-10-15(13-18(14)30(28,29)26-11-5-2-6-12-26)19(27)25-24-17-8-4-3-7-16(17)20(21,22)23/h3-4,7-10,13,24H,2,5-6,11-12H2,1H3,(H,25,27). The average molecular weight is 441 g/mol. The van der Waals surface area contributed by atoms with E-state index in [0.29, 0.717) is 18.7 Å². The molecule has 0 spiro atoms. The molecule has 3 rings (SSSR count). The van der Waals surface area contributed by atoms with Crippen LogP contribution < -0.4 is 10.9 Å². The molecule has 1 aliphatic heterocycles. The summed E-state index contributed by atoms with van der Waals surface area (Å²) in [7, 11) is -3.76. The first-order valence-corrected chi connectivity index (χ1v) is 10.9. The number of sulfonamides is 1. The van der Waals surface area contributed by atoms with Crippen molar-refractivity contribution in [3.05, 3.63) is 59.2 Å². The van der Waals surface area contributed by atoms with E-state index in [0.717, 1.165) is 25.3 Å². The second-order valence-electron chi connectivity index (χ2n) is 7.07. The number of halogens is 3. The molecule has 1 heterocycles. The summed E-state index contributed by atoms with van der Waals surface area (Å²) in [5.41, 5.74) is 3.76. The van der Waals surface area contributed by atoms with Gasteiger partial charge in [0.2, 0.25) is 10.0 Å². The van der Waals surface area contributed by atoms with E-state index >= 15 is 0 Å². The lowest BCUT2D eigenvalue weighted by Crippen LogP contribution is -2.36. The van der Waals surface area contributed by atoms with E-state index in [9.17, 15) is 26.4 Å². The third-order valence-electron chi connectivity index (χ3n) is 4.93. The van der Waals surface area contributed by atoms with E-state index in [1.54, 1.807) is 6.92 Å². The Morgan fingerprint density at radius 1 is 1.03 bits per heavy atom. The first kappa shape index (κ1) is 22.1. The molecule has 1 fully saturated rings. The molecule has 10 heteroatoms.